The van der Waals surface area contributed by atoms with Gasteiger partial charge in [-0.1, -0.05) is 0 Å². The normalized spacial score (nSPS) is 25.8. The van der Waals surface area contributed by atoms with Crippen molar-refractivity contribution in [3.63, 3.8) is 0 Å². The Hall–Kier alpha value is -0.610. The molecule has 1 unspecified atom stereocenters. The molecule has 4 nitrogen and oxygen atoms in total. The molecule has 1 aliphatic rings. The molecule has 0 aromatic heterocycles. The standard InChI is InChI=1S/C9H18N2O2/c1-7(12)9(13)11-4-2-3-8(5-10)6-11/h7-8,12H,2-6,10H2,1H3/t7-,8?/m0/s1. The summed E-state index contributed by atoms with van der Waals surface area (Å²) in [7, 11) is 0. The van der Waals surface area contributed by atoms with Gasteiger partial charge in [0.1, 0.15) is 6.10 Å². The summed E-state index contributed by atoms with van der Waals surface area (Å²) < 4.78 is 0. The molecule has 2 atom stereocenters. The number of hydrogen-bond donors (Lipinski definition) is 2. The summed E-state index contributed by atoms with van der Waals surface area (Å²) >= 11 is 0. The maximum absolute atomic E-state index is 11.4. The van der Waals surface area contributed by atoms with Crippen LogP contribution in [-0.2, 0) is 4.79 Å². The molecular weight excluding hydrogens is 168 g/mol. The van der Waals surface area contributed by atoms with E-state index >= 15 is 0 Å². The Morgan fingerprint density at radius 2 is 2.46 bits per heavy atom. The van der Waals surface area contributed by atoms with Crippen LogP contribution in [0.1, 0.15) is 19.8 Å². The van der Waals surface area contributed by atoms with Crippen LogP contribution >= 0.6 is 0 Å². The number of aliphatic hydroxyl groups excluding tert-OH is 1. The monoisotopic (exact) mass is 186 g/mol. The topological polar surface area (TPSA) is 66.6 Å². The third kappa shape index (κ3) is 2.67. The molecule has 76 valence electrons. The van der Waals surface area contributed by atoms with Gasteiger partial charge >= 0.3 is 0 Å². The van der Waals surface area contributed by atoms with Crippen molar-refractivity contribution in [1.29, 1.82) is 0 Å². The molecule has 13 heavy (non-hydrogen) atoms. The average molecular weight is 186 g/mol. The zero-order valence-electron chi connectivity index (χ0n) is 8.07. The van der Waals surface area contributed by atoms with Crippen molar-refractivity contribution in [2.45, 2.75) is 25.9 Å². The van der Waals surface area contributed by atoms with E-state index in [1.54, 1.807) is 4.90 Å². The number of rotatable bonds is 2. The second-order valence-electron chi connectivity index (χ2n) is 3.70. The van der Waals surface area contributed by atoms with Gasteiger partial charge < -0.3 is 15.7 Å². The lowest BCUT2D eigenvalue weighted by Crippen LogP contribution is -2.45. The Morgan fingerprint density at radius 1 is 1.77 bits per heavy atom. The quantitative estimate of drug-likeness (QED) is 0.614. The molecule has 0 bridgehead atoms. The highest BCUT2D eigenvalue weighted by atomic mass is 16.3. The molecule has 1 saturated heterocycles. The number of nitrogens with zero attached hydrogens (tertiary/aromatic N) is 1. The smallest absolute Gasteiger partial charge is 0.251 e. The number of carbonyl (C=O) groups is 1. The maximum Gasteiger partial charge on any atom is 0.251 e. The summed E-state index contributed by atoms with van der Waals surface area (Å²) in [5.41, 5.74) is 5.54. The highest BCUT2D eigenvalue weighted by Crippen LogP contribution is 2.15. The maximum atomic E-state index is 11.4. The number of likely N-dealkylation sites (tertiary alicyclic amines) is 1. The highest BCUT2D eigenvalue weighted by Gasteiger charge is 2.24. The number of nitrogens with two attached hydrogens (primary N) is 1. The first kappa shape index (κ1) is 10.5. The average Bonchev–Trinajstić information content (AvgIpc) is 2.16. The molecule has 0 aromatic rings. The lowest BCUT2D eigenvalue weighted by molar-refractivity contribution is -0.141. The Morgan fingerprint density at radius 3 is 3.00 bits per heavy atom. The lowest BCUT2D eigenvalue weighted by Gasteiger charge is -2.32. The first-order valence-electron chi connectivity index (χ1n) is 4.82. The molecule has 3 N–H and O–H groups in total. The van der Waals surface area contributed by atoms with Crippen molar-refractivity contribution in [3.8, 4) is 0 Å². The fraction of sp³-hybridized carbons (Fsp3) is 0.889. The van der Waals surface area contributed by atoms with Gasteiger partial charge in [-0.15, -0.1) is 0 Å². The van der Waals surface area contributed by atoms with Crippen LogP contribution in [0.4, 0.5) is 0 Å². The van der Waals surface area contributed by atoms with Crippen LogP contribution in [0.2, 0.25) is 0 Å². The molecule has 0 aromatic carbocycles. The highest BCUT2D eigenvalue weighted by molar-refractivity contribution is 5.80. The van der Waals surface area contributed by atoms with Gasteiger partial charge in [0.15, 0.2) is 0 Å². The van der Waals surface area contributed by atoms with Gasteiger partial charge in [-0.3, -0.25) is 4.79 Å². The van der Waals surface area contributed by atoms with Gasteiger partial charge in [0.25, 0.3) is 5.91 Å². The summed E-state index contributed by atoms with van der Waals surface area (Å²) in [5.74, 6) is 0.245. The molecule has 1 heterocycles. The van der Waals surface area contributed by atoms with E-state index in [-0.39, 0.29) is 5.91 Å². The van der Waals surface area contributed by atoms with Gasteiger partial charge in [0.05, 0.1) is 0 Å². The summed E-state index contributed by atoms with van der Waals surface area (Å²) in [6.45, 7) is 3.61. The second-order valence-corrected chi connectivity index (χ2v) is 3.70. The van der Waals surface area contributed by atoms with Crippen molar-refractivity contribution in [3.05, 3.63) is 0 Å². The van der Waals surface area contributed by atoms with Crippen LogP contribution in [0.5, 0.6) is 0 Å². The van der Waals surface area contributed by atoms with Crippen LogP contribution < -0.4 is 5.73 Å². The van der Waals surface area contributed by atoms with Gasteiger partial charge in [0, 0.05) is 13.1 Å². The fourth-order valence-corrected chi connectivity index (χ4v) is 1.72. The van der Waals surface area contributed by atoms with E-state index in [1.165, 1.54) is 6.92 Å². The van der Waals surface area contributed by atoms with Crippen molar-refractivity contribution >= 4 is 5.91 Å². The van der Waals surface area contributed by atoms with Gasteiger partial charge in [-0.25, -0.2) is 0 Å². The molecule has 0 saturated carbocycles. The summed E-state index contributed by atoms with van der Waals surface area (Å²) in [6.07, 6.45) is 1.22. The van der Waals surface area contributed by atoms with E-state index in [4.69, 9.17) is 10.8 Å². The molecule has 1 aliphatic heterocycles. The first-order valence-corrected chi connectivity index (χ1v) is 4.82. The van der Waals surface area contributed by atoms with Crippen LogP contribution in [-0.4, -0.2) is 41.7 Å². The predicted molar refractivity (Wildman–Crippen MR) is 50.0 cm³/mol. The number of hydrogen-bond acceptors (Lipinski definition) is 3. The Kier molecular flexibility index (Phi) is 3.69. The van der Waals surface area contributed by atoms with Crippen LogP contribution in [0.3, 0.4) is 0 Å². The van der Waals surface area contributed by atoms with Crippen LogP contribution in [0.25, 0.3) is 0 Å². The van der Waals surface area contributed by atoms with E-state index in [9.17, 15) is 4.79 Å². The number of carbonyl (C=O) groups excluding carboxylic acids is 1. The number of amides is 1. The molecule has 0 spiro atoms. The van der Waals surface area contributed by atoms with E-state index in [2.05, 4.69) is 0 Å². The van der Waals surface area contributed by atoms with Crippen LogP contribution in [0.15, 0.2) is 0 Å². The summed E-state index contributed by atoms with van der Waals surface area (Å²) in [6, 6.07) is 0. The van der Waals surface area contributed by atoms with Crippen molar-refractivity contribution < 1.29 is 9.90 Å². The molecule has 0 aliphatic carbocycles. The molecule has 1 fully saturated rings. The Labute approximate surface area is 78.7 Å². The minimum absolute atomic E-state index is 0.168. The second kappa shape index (κ2) is 4.58. The third-order valence-electron chi connectivity index (χ3n) is 2.52. The molecule has 1 rings (SSSR count). The van der Waals surface area contributed by atoms with Crippen molar-refractivity contribution in [2.24, 2.45) is 11.7 Å². The van der Waals surface area contributed by atoms with Crippen molar-refractivity contribution in [2.75, 3.05) is 19.6 Å². The zero-order valence-corrected chi connectivity index (χ0v) is 8.07. The fourth-order valence-electron chi connectivity index (χ4n) is 1.72. The predicted octanol–water partition coefficient (Wildman–Crippen LogP) is -0.435. The van der Waals surface area contributed by atoms with E-state index in [0.717, 1.165) is 19.4 Å². The Bertz CT molecular complexity index is 182. The molecule has 4 heteroatoms. The van der Waals surface area contributed by atoms with Gasteiger partial charge in [0.2, 0.25) is 0 Å². The minimum atomic E-state index is -0.878. The van der Waals surface area contributed by atoms with E-state index < -0.39 is 6.10 Å². The van der Waals surface area contributed by atoms with E-state index in [1.807, 2.05) is 0 Å². The van der Waals surface area contributed by atoms with Gasteiger partial charge in [-0.2, -0.15) is 0 Å². The molecular formula is C9H18N2O2. The first-order chi connectivity index (χ1) is 6.15. The van der Waals surface area contributed by atoms with Crippen LogP contribution in [0, 0.1) is 5.92 Å². The molecule has 0 radical (unpaired) electrons. The summed E-state index contributed by atoms with van der Waals surface area (Å²) in [4.78, 5) is 13.1. The number of aliphatic hydroxyl groups is 1. The zero-order chi connectivity index (χ0) is 9.84. The minimum Gasteiger partial charge on any atom is -0.384 e. The van der Waals surface area contributed by atoms with Gasteiger partial charge in [-0.05, 0) is 32.2 Å². The lowest BCUT2D eigenvalue weighted by atomic mass is 9.98. The largest absolute Gasteiger partial charge is 0.384 e. The summed E-state index contributed by atoms with van der Waals surface area (Å²) in [5, 5.41) is 9.11. The SMILES string of the molecule is C[C@H](O)C(=O)N1CCCC(CN)C1. The Balaban J connectivity index is 2.46. The third-order valence-corrected chi connectivity index (χ3v) is 2.52. The van der Waals surface area contributed by atoms with E-state index in [0.29, 0.717) is 19.0 Å². The number of piperidine rings is 1. The van der Waals surface area contributed by atoms with Crippen molar-refractivity contribution in [1.82, 2.24) is 4.90 Å². The molecule has 1 amide bonds.